The third-order valence-corrected chi connectivity index (χ3v) is 4.87. The first-order valence-electron chi connectivity index (χ1n) is 8.61. The van der Waals surface area contributed by atoms with Gasteiger partial charge in [0.25, 0.3) is 0 Å². The summed E-state index contributed by atoms with van der Waals surface area (Å²) >= 11 is 0. The second kappa shape index (κ2) is 7.67. The number of esters is 1. The van der Waals surface area contributed by atoms with E-state index in [0.717, 1.165) is 11.1 Å². The Bertz CT molecular complexity index is 797. The van der Waals surface area contributed by atoms with Gasteiger partial charge in [-0.25, -0.2) is 0 Å². The molecular weight excluding hydrogens is 328 g/mol. The number of Topliss-reactive ketones (excluding diaryl/α,β-unsaturated/α-hetero) is 1. The largest absolute Gasteiger partial charge is 0.468 e. The van der Waals surface area contributed by atoms with Crippen molar-refractivity contribution in [3.05, 3.63) is 77.9 Å². The van der Waals surface area contributed by atoms with E-state index in [1.54, 1.807) is 13.0 Å². The fourth-order valence-corrected chi connectivity index (χ4v) is 3.21. The van der Waals surface area contributed by atoms with Crippen molar-refractivity contribution in [3.8, 4) is 0 Å². The van der Waals surface area contributed by atoms with E-state index in [9.17, 15) is 9.59 Å². The average Bonchev–Trinajstić information content (AvgIpc) is 2.69. The molecule has 0 aromatic heterocycles. The fourth-order valence-electron chi connectivity index (χ4n) is 3.21. The van der Waals surface area contributed by atoms with Crippen molar-refractivity contribution in [2.45, 2.75) is 25.6 Å². The number of methoxy groups -OCH3 is 1. The molecule has 0 unspecified atom stereocenters. The van der Waals surface area contributed by atoms with Gasteiger partial charge in [-0.1, -0.05) is 72.8 Å². The molecule has 4 nitrogen and oxygen atoms in total. The summed E-state index contributed by atoms with van der Waals surface area (Å²) in [5, 5.41) is 0. The quantitative estimate of drug-likeness (QED) is 0.618. The molecule has 0 saturated carbocycles. The lowest BCUT2D eigenvalue weighted by Crippen LogP contribution is -2.52. The Morgan fingerprint density at radius 1 is 1.12 bits per heavy atom. The minimum Gasteiger partial charge on any atom is -0.468 e. The molecule has 26 heavy (non-hydrogen) atoms. The molecule has 3 atom stereocenters. The summed E-state index contributed by atoms with van der Waals surface area (Å²) in [6.07, 6.45) is 2.70. The van der Waals surface area contributed by atoms with Crippen LogP contribution in [0.15, 0.2) is 66.7 Å². The SMILES string of the molecule is COC(=O)[C@]1(C)C(=O)C[C@@H](c2ccccc2)O[C@@H]1/C=C/c1ccccc1. The van der Waals surface area contributed by atoms with Crippen LogP contribution < -0.4 is 0 Å². The topological polar surface area (TPSA) is 52.6 Å². The zero-order valence-corrected chi connectivity index (χ0v) is 14.9. The van der Waals surface area contributed by atoms with E-state index in [0.29, 0.717) is 0 Å². The number of carbonyl (C=O) groups excluding carboxylic acids is 2. The van der Waals surface area contributed by atoms with E-state index in [1.807, 2.05) is 66.7 Å². The molecule has 0 bridgehead atoms. The molecule has 0 spiro atoms. The van der Waals surface area contributed by atoms with E-state index in [4.69, 9.17) is 9.47 Å². The summed E-state index contributed by atoms with van der Waals surface area (Å²) in [5.41, 5.74) is 0.536. The zero-order chi connectivity index (χ0) is 18.6. The summed E-state index contributed by atoms with van der Waals surface area (Å²) in [6, 6.07) is 19.3. The molecule has 134 valence electrons. The Morgan fingerprint density at radius 3 is 2.35 bits per heavy atom. The van der Waals surface area contributed by atoms with Crippen LogP contribution in [0, 0.1) is 5.41 Å². The molecule has 2 aromatic rings. The van der Waals surface area contributed by atoms with Crippen LogP contribution in [0.3, 0.4) is 0 Å². The molecular formula is C22H22O4. The van der Waals surface area contributed by atoms with Crippen LogP contribution >= 0.6 is 0 Å². The normalized spacial score (nSPS) is 26.0. The highest BCUT2D eigenvalue weighted by molar-refractivity contribution is 6.05. The molecule has 0 amide bonds. The van der Waals surface area contributed by atoms with Crippen molar-refractivity contribution in [3.63, 3.8) is 0 Å². The van der Waals surface area contributed by atoms with Gasteiger partial charge in [-0.2, -0.15) is 0 Å². The predicted molar refractivity (Wildman–Crippen MR) is 99.3 cm³/mol. The second-order valence-corrected chi connectivity index (χ2v) is 6.55. The molecule has 1 fully saturated rings. The Balaban J connectivity index is 1.94. The Hall–Kier alpha value is -2.72. The third-order valence-electron chi connectivity index (χ3n) is 4.87. The van der Waals surface area contributed by atoms with Gasteiger partial charge in [0, 0.05) is 6.42 Å². The van der Waals surface area contributed by atoms with Crippen LogP contribution in [0.25, 0.3) is 6.08 Å². The lowest BCUT2D eigenvalue weighted by molar-refractivity contribution is -0.177. The first kappa shape index (κ1) is 18.1. The Kier molecular flexibility index (Phi) is 5.33. The highest BCUT2D eigenvalue weighted by Crippen LogP contribution is 2.41. The van der Waals surface area contributed by atoms with E-state index >= 15 is 0 Å². The monoisotopic (exact) mass is 350 g/mol. The van der Waals surface area contributed by atoms with Gasteiger partial charge in [0.1, 0.15) is 0 Å². The van der Waals surface area contributed by atoms with Gasteiger partial charge in [0.15, 0.2) is 11.2 Å². The highest BCUT2D eigenvalue weighted by atomic mass is 16.5. The summed E-state index contributed by atoms with van der Waals surface area (Å²) in [4.78, 5) is 25.3. The van der Waals surface area contributed by atoms with Gasteiger partial charge < -0.3 is 9.47 Å². The highest BCUT2D eigenvalue weighted by Gasteiger charge is 2.53. The first-order chi connectivity index (χ1) is 12.6. The van der Waals surface area contributed by atoms with Crippen LogP contribution in [0.4, 0.5) is 0 Å². The van der Waals surface area contributed by atoms with E-state index < -0.39 is 17.5 Å². The van der Waals surface area contributed by atoms with E-state index in [2.05, 4.69) is 0 Å². The minimum absolute atomic E-state index is 0.144. The Morgan fingerprint density at radius 2 is 1.73 bits per heavy atom. The lowest BCUT2D eigenvalue weighted by Gasteiger charge is -2.39. The lowest BCUT2D eigenvalue weighted by atomic mass is 9.74. The maximum absolute atomic E-state index is 12.9. The van der Waals surface area contributed by atoms with Gasteiger partial charge >= 0.3 is 5.97 Å². The van der Waals surface area contributed by atoms with Gasteiger partial charge in [-0.05, 0) is 18.1 Å². The van der Waals surface area contributed by atoms with Crippen molar-refractivity contribution in [2.24, 2.45) is 5.41 Å². The van der Waals surface area contributed by atoms with Crippen molar-refractivity contribution in [1.82, 2.24) is 0 Å². The van der Waals surface area contributed by atoms with Crippen molar-refractivity contribution < 1.29 is 19.1 Å². The van der Waals surface area contributed by atoms with Crippen molar-refractivity contribution in [1.29, 1.82) is 0 Å². The molecule has 0 aliphatic carbocycles. The number of ketones is 1. The average molecular weight is 350 g/mol. The smallest absolute Gasteiger partial charge is 0.322 e. The third kappa shape index (κ3) is 3.46. The number of benzene rings is 2. The van der Waals surface area contributed by atoms with Crippen LogP contribution in [-0.2, 0) is 19.1 Å². The molecule has 4 heteroatoms. The summed E-state index contributed by atoms with van der Waals surface area (Å²) in [5.74, 6) is -0.746. The minimum atomic E-state index is -1.36. The standard InChI is InChI=1S/C22H22O4/c1-22(21(24)25-2)19(23)15-18(17-11-7-4-8-12-17)26-20(22)14-13-16-9-5-3-6-10-16/h3-14,18,20H,15H2,1-2H3/b14-13+/t18-,20+,22+/m0/s1. The number of carbonyl (C=O) groups is 2. The van der Waals surface area contributed by atoms with E-state index in [1.165, 1.54) is 7.11 Å². The van der Waals surface area contributed by atoms with Gasteiger partial charge in [0.2, 0.25) is 0 Å². The van der Waals surface area contributed by atoms with Crippen LogP contribution in [0.1, 0.15) is 30.6 Å². The van der Waals surface area contributed by atoms with E-state index in [-0.39, 0.29) is 18.3 Å². The maximum Gasteiger partial charge on any atom is 0.322 e. The number of ether oxygens (including phenoxy) is 2. The second-order valence-electron chi connectivity index (χ2n) is 6.55. The predicted octanol–water partition coefficient (Wildman–Crippen LogP) is 3.98. The van der Waals surface area contributed by atoms with Gasteiger partial charge in [0.05, 0.1) is 19.3 Å². The summed E-state index contributed by atoms with van der Waals surface area (Å²) < 4.78 is 11.1. The molecule has 1 heterocycles. The first-order valence-corrected chi connectivity index (χ1v) is 8.61. The summed E-state index contributed by atoms with van der Waals surface area (Å²) in [7, 11) is 1.29. The van der Waals surface area contributed by atoms with Crippen LogP contribution in [-0.4, -0.2) is 25.0 Å². The molecule has 1 aliphatic heterocycles. The van der Waals surface area contributed by atoms with Gasteiger partial charge in [-0.3, -0.25) is 9.59 Å². The molecule has 0 radical (unpaired) electrons. The number of hydrogen-bond donors (Lipinski definition) is 0. The van der Waals surface area contributed by atoms with Gasteiger partial charge in [-0.15, -0.1) is 0 Å². The fraction of sp³-hybridized carbons (Fsp3) is 0.273. The number of hydrogen-bond acceptors (Lipinski definition) is 4. The molecule has 1 aliphatic rings. The molecule has 2 aromatic carbocycles. The Labute approximate surface area is 153 Å². The zero-order valence-electron chi connectivity index (χ0n) is 14.9. The van der Waals surface area contributed by atoms with Crippen LogP contribution in [0.5, 0.6) is 0 Å². The summed E-state index contributed by atoms with van der Waals surface area (Å²) in [6.45, 7) is 1.60. The van der Waals surface area contributed by atoms with Crippen molar-refractivity contribution >= 4 is 17.8 Å². The molecule has 0 N–H and O–H groups in total. The number of rotatable bonds is 4. The van der Waals surface area contributed by atoms with Crippen molar-refractivity contribution in [2.75, 3.05) is 7.11 Å². The molecule has 3 rings (SSSR count). The molecule has 1 saturated heterocycles. The maximum atomic E-state index is 12.9. The van der Waals surface area contributed by atoms with Crippen LogP contribution in [0.2, 0.25) is 0 Å².